The lowest BCUT2D eigenvalue weighted by Gasteiger charge is -2.13. The molecule has 0 bridgehead atoms. The molecule has 0 radical (unpaired) electrons. The zero-order chi connectivity index (χ0) is 17.8. The van der Waals surface area contributed by atoms with Crippen LogP contribution in [0.4, 0.5) is 0 Å². The molecule has 0 saturated carbocycles. The van der Waals surface area contributed by atoms with Gasteiger partial charge in [0.05, 0.1) is 5.69 Å². The number of aryl methyl sites for hydroxylation is 2. The minimum atomic E-state index is -0.0528. The van der Waals surface area contributed by atoms with Crippen molar-refractivity contribution in [2.24, 2.45) is 7.05 Å². The molecule has 0 unspecified atom stereocenters. The highest BCUT2D eigenvalue weighted by molar-refractivity contribution is 9.10. The number of aromatic nitrogens is 2. The lowest BCUT2D eigenvalue weighted by atomic mass is 10.1. The molecule has 4 nitrogen and oxygen atoms in total. The summed E-state index contributed by atoms with van der Waals surface area (Å²) < 4.78 is 10.3. The Morgan fingerprint density at radius 3 is 2.48 bits per heavy atom. The van der Waals surface area contributed by atoms with E-state index in [1.165, 1.54) is 0 Å². The summed E-state index contributed by atoms with van der Waals surface area (Å²) in [6.07, 6.45) is 6.64. The van der Waals surface area contributed by atoms with Gasteiger partial charge in [-0.1, -0.05) is 29.3 Å². The molecule has 130 valence electrons. The van der Waals surface area contributed by atoms with Gasteiger partial charge >= 0.3 is 5.69 Å². The molecule has 5 heteroatoms. The van der Waals surface area contributed by atoms with Crippen LogP contribution in [0.25, 0.3) is 5.69 Å². The molecule has 0 amide bonds. The fourth-order valence-corrected chi connectivity index (χ4v) is 2.93. The van der Waals surface area contributed by atoms with E-state index >= 15 is 0 Å². The second-order valence-corrected chi connectivity index (χ2v) is 6.93. The molecule has 0 aliphatic heterocycles. The maximum atomic E-state index is 12.2. The van der Waals surface area contributed by atoms with E-state index in [0.717, 1.165) is 46.5 Å². The molecule has 0 N–H and O–H groups in total. The molecular weight excluding hydrogens is 380 g/mol. The van der Waals surface area contributed by atoms with E-state index < -0.39 is 0 Å². The molecule has 0 fully saturated rings. The fourth-order valence-electron chi connectivity index (χ4n) is 2.67. The molecule has 0 aliphatic rings. The second-order valence-electron chi connectivity index (χ2n) is 6.01. The Labute approximate surface area is 155 Å². The molecule has 0 spiro atoms. The SMILES string of the molecule is CCCCc1cc(-n2ccn(C)c2=O)ccc1Oc1ccc(Br)cc1. The molecule has 0 saturated heterocycles. The summed E-state index contributed by atoms with van der Waals surface area (Å²) in [5.74, 6) is 1.63. The Morgan fingerprint density at radius 1 is 1.08 bits per heavy atom. The quantitative estimate of drug-likeness (QED) is 0.578. The van der Waals surface area contributed by atoms with E-state index in [4.69, 9.17) is 4.74 Å². The van der Waals surface area contributed by atoms with Crippen molar-refractivity contribution < 1.29 is 4.74 Å². The zero-order valence-corrected chi connectivity index (χ0v) is 16.0. The Morgan fingerprint density at radius 2 is 1.84 bits per heavy atom. The smallest absolute Gasteiger partial charge is 0.332 e. The molecule has 3 aromatic rings. The average molecular weight is 401 g/mol. The van der Waals surface area contributed by atoms with Gasteiger partial charge in [0.2, 0.25) is 0 Å². The minimum absolute atomic E-state index is 0.0528. The van der Waals surface area contributed by atoms with Gasteiger partial charge in [-0.05, 0) is 60.9 Å². The monoisotopic (exact) mass is 400 g/mol. The highest BCUT2D eigenvalue weighted by Gasteiger charge is 2.10. The second kappa shape index (κ2) is 7.74. The van der Waals surface area contributed by atoms with Crippen LogP contribution in [0.5, 0.6) is 11.5 Å². The van der Waals surface area contributed by atoms with Crippen LogP contribution in [0.1, 0.15) is 25.3 Å². The first kappa shape index (κ1) is 17.5. The van der Waals surface area contributed by atoms with E-state index in [1.54, 1.807) is 28.6 Å². The van der Waals surface area contributed by atoms with E-state index in [2.05, 4.69) is 22.9 Å². The summed E-state index contributed by atoms with van der Waals surface area (Å²) in [7, 11) is 1.75. The third-order valence-corrected chi connectivity index (χ3v) is 4.64. The van der Waals surface area contributed by atoms with Gasteiger partial charge in [0.1, 0.15) is 11.5 Å². The maximum absolute atomic E-state index is 12.2. The topological polar surface area (TPSA) is 36.2 Å². The van der Waals surface area contributed by atoms with Crippen LogP contribution in [0.3, 0.4) is 0 Å². The van der Waals surface area contributed by atoms with Crippen molar-refractivity contribution in [1.82, 2.24) is 9.13 Å². The van der Waals surface area contributed by atoms with Crippen LogP contribution in [-0.2, 0) is 13.5 Å². The number of halogens is 1. The van der Waals surface area contributed by atoms with Crippen LogP contribution < -0.4 is 10.4 Å². The van der Waals surface area contributed by atoms with Gasteiger partial charge in [-0.25, -0.2) is 4.79 Å². The molecular formula is C20H21BrN2O2. The van der Waals surface area contributed by atoms with Crippen LogP contribution in [0, 0.1) is 0 Å². The van der Waals surface area contributed by atoms with Crippen molar-refractivity contribution in [3.05, 3.63) is 75.4 Å². The lowest BCUT2D eigenvalue weighted by Crippen LogP contribution is -2.20. The first-order valence-corrected chi connectivity index (χ1v) is 9.18. The van der Waals surface area contributed by atoms with E-state index in [-0.39, 0.29) is 5.69 Å². The molecule has 3 rings (SSSR count). The average Bonchev–Trinajstić information content (AvgIpc) is 2.95. The number of nitrogens with zero attached hydrogens (tertiary/aromatic N) is 2. The summed E-state index contributed by atoms with van der Waals surface area (Å²) in [6, 6.07) is 13.7. The van der Waals surface area contributed by atoms with Crippen molar-refractivity contribution >= 4 is 15.9 Å². The van der Waals surface area contributed by atoms with Crippen molar-refractivity contribution in [2.45, 2.75) is 26.2 Å². The molecule has 1 aromatic heterocycles. The zero-order valence-electron chi connectivity index (χ0n) is 14.4. The third kappa shape index (κ3) is 4.04. The Balaban J connectivity index is 1.96. The van der Waals surface area contributed by atoms with Gasteiger partial charge in [-0.15, -0.1) is 0 Å². The van der Waals surface area contributed by atoms with Crippen molar-refractivity contribution in [3.63, 3.8) is 0 Å². The largest absolute Gasteiger partial charge is 0.457 e. The van der Waals surface area contributed by atoms with Crippen LogP contribution in [0.2, 0.25) is 0 Å². The standard InChI is InChI=1S/C20H21BrN2O2/c1-3-4-5-15-14-17(23-13-12-22(2)20(23)24)8-11-19(15)25-18-9-6-16(21)7-10-18/h6-14H,3-5H2,1-2H3. The predicted molar refractivity (Wildman–Crippen MR) is 104 cm³/mol. The van der Waals surface area contributed by atoms with Crippen molar-refractivity contribution in [3.8, 4) is 17.2 Å². The van der Waals surface area contributed by atoms with Gasteiger partial charge in [0.25, 0.3) is 0 Å². The number of unbranched alkanes of at least 4 members (excludes halogenated alkanes) is 1. The fraction of sp³-hybridized carbons (Fsp3) is 0.250. The summed E-state index contributed by atoms with van der Waals surface area (Å²) >= 11 is 3.43. The van der Waals surface area contributed by atoms with Gasteiger partial charge in [-0.2, -0.15) is 0 Å². The molecule has 25 heavy (non-hydrogen) atoms. The van der Waals surface area contributed by atoms with E-state index in [0.29, 0.717) is 0 Å². The lowest BCUT2D eigenvalue weighted by molar-refractivity contribution is 0.475. The first-order valence-electron chi connectivity index (χ1n) is 8.39. The van der Waals surface area contributed by atoms with Gasteiger partial charge in [-0.3, -0.25) is 4.57 Å². The van der Waals surface area contributed by atoms with Crippen LogP contribution in [0.15, 0.2) is 64.1 Å². The number of imidazole rings is 1. The first-order chi connectivity index (χ1) is 12.1. The summed E-state index contributed by atoms with van der Waals surface area (Å²) in [4.78, 5) is 12.2. The Bertz CT molecular complexity index is 910. The third-order valence-electron chi connectivity index (χ3n) is 4.11. The van der Waals surface area contributed by atoms with Crippen molar-refractivity contribution in [2.75, 3.05) is 0 Å². The molecule has 0 aliphatic carbocycles. The normalized spacial score (nSPS) is 10.8. The van der Waals surface area contributed by atoms with Gasteiger partial charge in [0, 0.05) is 23.9 Å². The molecule has 1 heterocycles. The predicted octanol–water partition coefficient (Wildman–Crippen LogP) is 5.07. The van der Waals surface area contributed by atoms with Gasteiger partial charge in [0.15, 0.2) is 0 Å². The summed E-state index contributed by atoms with van der Waals surface area (Å²) in [6.45, 7) is 2.17. The van der Waals surface area contributed by atoms with E-state index in [9.17, 15) is 4.79 Å². The highest BCUT2D eigenvalue weighted by atomic mass is 79.9. The van der Waals surface area contributed by atoms with Crippen LogP contribution in [-0.4, -0.2) is 9.13 Å². The van der Waals surface area contributed by atoms with Crippen molar-refractivity contribution in [1.29, 1.82) is 0 Å². The summed E-state index contributed by atoms with van der Waals surface area (Å²) in [5, 5.41) is 0. The van der Waals surface area contributed by atoms with E-state index in [1.807, 2.05) is 42.5 Å². The summed E-state index contributed by atoms with van der Waals surface area (Å²) in [5.41, 5.74) is 1.92. The Hall–Kier alpha value is -2.27. The number of benzene rings is 2. The minimum Gasteiger partial charge on any atom is -0.457 e. The number of rotatable bonds is 6. The molecule has 0 atom stereocenters. The maximum Gasteiger partial charge on any atom is 0.332 e. The number of ether oxygens (including phenoxy) is 1. The Kier molecular flexibility index (Phi) is 5.43. The van der Waals surface area contributed by atoms with Gasteiger partial charge < -0.3 is 9.30 Å². The van der Waals surface area contributed by atoms with Crippen LogP contribution >= 0.6 is 15.9 Å². The molecule has 2 aromatic carbocycles. The number of hydrogen-bond donors (Lipinski definition) is 0. The number of hydrogen-bond acceptors (Lipinski definition) is 2. The highest BCUT2D eigenvalue weighted by Crippen LogP contribution is 2.29.